The third-order valence-corrected chi connectivity index (χ3v) is 18.0. The molecule has 0 bridgehead atoms. The summed E-state index contributed by atoms with van der Waals surface area (Å²) < 4.78 is 14.8. The minimum Gasteiger partial charge on any atom is -0.466 e. The van der Waals surface area contributed by atoms with E-state index >= 15 is 0 Å². The molecule has 0 saturated heterocycles. The average Bonchev–Trinajstić information content (AvgIpc) is 4.02. The van der Waals surface area contributed by atoms with Crippen molar-refractivity contribution in [2.75, 3.05) is 9.71 Å². The first kappa shape index (κ1) is 45.4. The zero-order valence-corrected chi connectivity index (χ0v) is 45.1. The summed E-state index contributed by atoms with van der Waals surface area (Å²) in [5.74, 6) is 0. The van der Waals surface area contributed by atoms with Crippen molar-refractivity contribution in [2.45, 2.75) is 123 Å². The molecule has 0 saturated carbocycles. The van der Waals surface area contributed by atoms with Gasteiger partial charge in [0.25, 0.3) is 0 Å². The molecule has 0 N–H and O–H groups in total. The highest BCUT2D eigenvalue weighted by molar-refractivity contribution is 6.93. The van der Waals surface area contributed by atoms with E-state index in [0.29, 0.717) is 0 Å². The maximum absolute atomic E-state index is 7.53. The van der Waals surface area contributed by atoms with E-state index < -0.39 is 0 Å². The highest BCUT2D eigenvalue weighted by atomic mass is 16.3. The number of fused-ring (bicyclic) bond motifs is 14. The van der Waals surface area contributed by atoms with Gasteiger partial charge in [-0.25, -0.2) is 0 Å². The molecule has 10 aromatic rings. The molecule has 8 aromatic carbocycles. The molecule has 0 spiro atoms. The molecule has 2 aliphatic carbocycles. The first-order valence-electron chi connectivity index (χ1n) is 27.0. The molecule has 0 fully saturated rings. The summed E-state index contributed by atoms with van der Waals surface area (Å²) in [7, 11) is 0. The Balaban J connectivity index is 1.13. The van der Waals surface area contributed by atoms with Crippen LogP contribution < -0.4 is 20.8 Å². The normalized spacial score (nSPS) is 16.8. The molecule has 4 aliphatic rings. The van der Waals surface area contributed by atoms with E-state index in [1.807, 2.05) is 0 Å². The standard InChI is InChI=1S/C69H65BN2O2/c1-65(2,3)42-24-29-44(30-25-42)71-57-37-49-46-20-16-17-21-58(46)73-63(49)60-50-35-47-48-36-54-55(68(9,10)33-32-67(54,7)8)38-52(48)69(11,12)53(47)39-56(50)72(45-27-22-41(23-28-45)40-18-14-13-15-19-40)70(61(57)60)64-62(71)51-34-43(66(4,5)6)26-31-59(51)74-64/h13-31,34-39H,32-33H2,1-12H3. The van der Waals surface area contributed by atoms with Crippen molar-refractivity contribution in [2.24, 2.45) is 0 Å². The van der Waals surface area contributed by atoms with Crippen molar-refractivity contribution >= 4 is 79.3 Å². The molecule has 0 radical (unpaired) electrons. The number of hydrogen-bond donors (Lipinski definition) is 0. The number of rotatable bonds is 3. The van der Waals surface area contributed by atoms with Crippen LogP contribution in [-0.4, -0.2) is 6.85 Å². The van der Waals surface area contributed by atoms with Gasteiger partial charge in [-0.1, -0.05) is 168 Å². The fourth-order valence-corrected chi connectivity index (χ4v) is 13.6. The molecule has 2 aromatic heterocycles. The van der Waals surface area contributed by atoms with Gasteiger partial charge in [-0.3, -0.25) is 0 Å². The van der Waals surface area contributed by atoms with Gasteiger partial charge in [-0.05, 0) is 162 Å². The number of anilines is 5. The summed E-state index contributed by atoms with van der Waals surface area (Å²) in [5, 5.41) is 3.34. The molecule has 366 valence electrons. The minimum absolute atomic E-state index is 0.00656. The fraction of sp³-hybridized carbons (Fsp3) is 0.275. The average molecular weight is 965 g/mol. The zero-order valence-electron chi connectivity index (χ0n) is 45.1. The van der Waals surface area contributed by atoms with Crippen molar-refractivity contribution in [1.82, 2.24) is 0 Å². The fourth-order valence-electron chi connectivity index (χ4n) is 13.6. The Hall–Kier alpha value is -7.24. The number of furan rings is 2. The monoisotopic (exact) mass is 965 g/mol. The van der Waals surface area contributed by atoms with Crippen LogP contribution in [0.25, 0.3) is 66.3 Å². The lowest BCUT2D eigenvalue weighted by molar-refractivity contribution is 0.331. The first-order valence-corrected chi connectivity index (χ1v) is 27.0. The molecule has 0 atom stereocenters. The van der Waals surface area contributed by atoms with Gasteiger partial charge in [0.05, 0.1) is 5.69 Å². The third-order valence-electron chi connectivity index (χ3n) is 18.0. The summed E-state index contributed by atoms with van der Waals surface area (Å²) >= 11 is 0. The topological polar surface area (TPSA) is 32.8 Å². The molecular formula is C69H65BN2O2. The van der Waals surface area contributed by atoms with Gasteiger partial charge >= 0.3 is 6.85 Å². The van der Waals surface area contributed by atoms with E-state index in [2.05, 4.69) is 244 Å². The van der Waals surface area contributed by atoms with Gasteiger partial charge < -0.3 is 18.5 Å². The van der Waals surface area contributed by atoms with Gasteiger partial charge in [-0.2, -0.15) is 0 Å². The van der Waals surface area contributed by atoms with Gasteiger partial charge in [0, 0.05) is 55.5 Å². The predicted molar refractivity (Wildman–Crippen MR) is 313 cm³/mol. The zero-order chi connectivity index (χ0) is 51.2. The Labute approximate surface area is 437 Å². The van der Waals surface area contributed by atoms with Crippen LogP contribution in [0.2, 0.25) is 0 Å². The molecule has 5 heteroatoms. The lowest BCUT2D eigenvalue weighted by Gasteiger charge is -2.44. The molecule has 4 nitrogen and oxygen atoms in total. The largest absolute Gasteiger partial charge is 0.466 e. The van der Waals surface area contributed by atoms with Crippen molar-refractivity contribution in [1.29, 1.82) is 0 Å². The summed E-state index contributed by atoms with van der Waals surface area (Å²) in [6.07, 6.45) is 2.35. The van der Waals surface area contributed by atoms with Crippen LogP contribution >= 0.6 is 0 Å². The Kier molecular flexibility index (Phi) is 9.18. The van der Waals surface area contributed by atoms with E-state index in [1.165, 1.54) is 79.5 Å². The first-order chi connectivity index (χ1) is 35.2. The van der Waals surface area contributed by atoms with Crippen LogP contribution in [0.3, 0.4) is 0 Å². The molecule has 74 heavy (non-hydrogen) atoms. The maximum atomic E-state index is 7.53. The van der Waals surface area contributed by atoms with Gasteiger partial charge in [0.1, 0.15) is 22.4 Å². The van der Waals surface area contributed by atoms with E-state index in [0.717, 1.165) is 72.6 Å². The summed E-state index contributed by atoms with van der Waals surface area (Å²) in [4.78, 5) is 5.15. The molecule has 0 unspecified atom stereocenters. The maximum Gasteiger partial charge on any atom is 0.376 e. The molecular weight excluding hydrogens is 900 g/mol. The summed E-state index contributed by atoms with van der Waals surface area (Å²) in [6.45, 7) is 28.2. The van der Waals surface area contributed by atoms with Crippen LogP contribution in [0, 0.1) is 0 Å². The Morgan fingerprint density at radius 1 is 0.473 bits per heavy atom. The van der Waals surface area contributed by atoms with Gasteiger partial charge in [0.2, 0.25) is 0 Å². The van der Waals surface area contributed by atoms with Crippen LogP contribution in [0.5, 0.6) is 0 Å². The van der Waals surface area contributed by atoms with Crippen molar-refractivity contribution in [3.8, 4) is 33.4 Å². The molecule has 2 aliphatic heterocycles. The molecule has 4 heterocycles. The van der Waals surface area contributed by atoms with Crippen LogP contribution in [-0.2, 0) is 27.1 Å². The second-order valence-electron chi connectivity index (χ2n) is 26.0. The van der Waals surface area contributed by atoms with Crippen LogP contribution in [0.15, 0.2) is 160 Å². The SMILES string of the molecule is CC(C)(C)c1ccc(N2c3cc4c(oc5ccccc54)c4c3B(c3oc5ccc(C(C)(C)C)cc5c32)N(c2ccc(-c3ccccc3)cc2)c2cc3c(cc2-4)-c2cc4c(cc2C3(C)C)C(C)(C)CCC4(C)C)cc1. The number of nitrogens with zero attached hydrogens (tertiary/aromatic N) is 2. The van der Waals surface area contributed by atoms with Crippen LogP contribution in [0.1, 0.15) is 129 Å². The molecule has 14 rings (SSSR count). The van der Waals surface area contributed by atoms with Crippen molar-refractivity contribution < 1.29 is 8.83 Å². The lowest BCUT2D eigenvalue weighted by Crippen LogP contribution is -2.61. The second-order valence-corrected chi connectivity index (χ2v) is 26.0. The third kappa shape index (κ3) is 6.34. The van der Waals surface area contributed by atoms with E-state index in [-0.39, 0.29) is 33.9 Å². The highest BCUT2D eigenvalue weighted by Gasteiger charge is 2.51. The van der Waals surface area contributed by atoms with E-state index in [4.69, 9.17) is 8.83 Å². The summed E-state index contributed by atoms with van der Waals surface area (Å²) in [6, 6.07) is 57.5. The Morgan fingerprint density at radius 2 is 1.07 bits per heavy atom. The highest BCUT2D eigenvalue weighted by Crippen LogP contribution is 2.59. The second kappa shape index (κ2) is 15.0. The minimum atomic E-state index is -0.350. The molecule has 0 amide bonds. The van der Waals surface area contributed by atoms with E-state index in [1.54, 1.807) is 0 Å². The number of benzene rings is 8. The summed E-state index contributed by atoms with van der Waals surface area (Å²) in [5.41, 5.74) is 25.9. The number of hydrogen-bond acceptors (Lipinski definition) is 4. The smallest absolute Gasteiger partial charge is 0.376 e. The van der Waals surface area contributed by atoms with Crippen molar-refractivity contribution in [3.63, 3.8) is 0 Å². The van der Waals surface area contributed by atoms with E-state index in [9.17, 15) is 0 Å². The number of para-hydroxylation sites is 1. The van der Waals surface area contributed by atoms with Gasteiger partial charge in [0.15, 0.2) is 0 Å². The Bertz CT molecular complexity index is 4000. The van der Waals surface area contributed by atoms with Crippen LogP contribution in [0.4, 0.5) is 28.4 Å². The Morgan fingerprint density at radius 3 is 1.77 bits per heavy atom. The predicted octanol–water partition coefficient (Wildman–Crippen LogP) is 18.0. The van der Waals surface area contributed by atoms with Crippen molar-refractivity contribution in [3.05, 3.63) is 185 Å². The van der Waals surface area contributed by atoms with Gasteiger partial charge in [-0.15, -0.1) is 0 Å². The quantitative estimate of drug-likeness (QED) is 0.165. The lowest BCUT2D eigenvalue weighted by atomic mass is 9.45.